The Morgan fingerprint density at radius 2 is 1.51 bits per heavy atom. The van der Waals surface area contributed by atoms with Gasteiger partial charge in [0.2, 0.25) is 15.9 Å². The van der Waals surface area contributed by atoms with E-state index in [4.69, 9.17) is 4.74 Å². The lowest BCUT2D eigenvalue weighted by atomic mass is 10.1. The van der Waals surface area contributed by atoms with E-state index in [-0.39, 0.29) is 16.7 Å². The fraction of sp³-hybridized carbons (Fsp3) is 0.360. The summed E-state index contributed by atoms with van der Waals surface area (Å²) in [6.07, 6.45) is 2.20. The molecule has 1 aromatic heterocycles. The van der Waals surface area contributed by atoms with E-state index < -0.39 is 10.0 Å². The Morgan fingerprint density at radius 1 is 0.857 bits per heavy atom. The number of ether oxygens (including phenoxy) is 1. The van der Waals surface area contributed by atoms with Gasteiger partial charge in [-0.15, -0.1) is 0 Å². The van der Waals surface area contributed by atoms with Crippen LogP contribution in [0.15, 0.2) is 59.6 Å². The molecule has 35 heavy (non-hydrogen) atoms. The largest absolute Gasteiger partial charge is 0.379 e. The van der Waals surface area contributed by atoms with Gasteiger partial charge in [0.05, 0.1) is 24.5 Å². The molecule has 5 rings (SSSR count). The van der Waals surface area contributed by atoms with Crippen LogP contribution in [0.2, 0.25) is 0 Å². The molecule has 0 unspecified atom stereocenters. The van der Waals surface area contributed by atoms with Gasteiger partial charge in [0.25, 0.3) is 5.91 Å². The number of rotatable bonds is 5. The van der Waals surface area contributed by atoms with Crippen LogP contribution in [-0.4, -0.2) is 91.8 Å². The Morgan fingerprint density at radius 3 is 2.23 bits per heavy atom. The topological polar surface area (TPSA) is 103 Å². The van der Waals surface area contributed by atoms with Crippen molar-refractivity contribution in [1.82, 2.24) is 19.1 Å². The lowest BCUT2D eigenvalue weighted by Crippen LogP contribution is -2.51. The van der Waals surface area contributed by atoms with Gasteiger partial charge >= 0.3 is 0 Å². The molecule has 3 aromatic rings. The molecule has 0 radical (unpaired) electrons. The van der Waals surface area contributed by atoms with Crippen LogP contribution < -0.4 is 0 Å². The van der Waals surface area contributed by atoms with Gasteiger partial charge in [-0.25, -0.2) is 8.42 Å². The van der Waals surface area contributed by atoms with Crippen LogP contribution in [0.4, 0.5) is 0 Å². The Bertz CT molecular complexity index is 1320. The third-order valence-electron chi connectivity index (χ3n) is 6.65. The number of carbonyl (C=O) groups excluding carboxylic acids is 2. The molecule has 184 valence electrons. The second-order valence-corrected chi connectivity index (χ2v) is 10.7. The molecule has 2 aromatic carbocycles. The number of carbonyl (C=O) groups is 2. The summed E-state index contributed by atoms with van der Waals surface area (Å²) in [5, 5.41) is 1.05. The third kappa shape index (κ3) is 4.82. The zero-order valence-electron chi connectivity index (χ0n) is 19.4. The minimum absolute atomic E-state index is 0.0412. The van der Waals surface area contributed by atoms with Gasteiger partial charge in [0.15, 0.2) is 0 Å². The molecule has 10 heteroatoms. The summed E-state index contributed by atoms with van der Waals surface area (Å²) in [5.41, 5.74) is 2.41. The quantitative estimate of drug-likeness (QED) is 0.579. The van der Waals surface area contributed by atoms with Crippen molar-refractivity contribution >= 4 is 32.7 Å². The molecule has 2 fully saturated rings. The average Bonchev–Trinajstić information content (AvgIpc) is 3.31. The van der Waals surface area contributed by atoms with Gasteiger partial charge < -0.3 is 19.5 Å². The molecular weight excluding hydrogens is 468 g/mol. The van der Waals surface area contributed by atoms with Crippen molar-refractivity contribution in [2.75, 3.05) is 52.5 Å². The van der Waals surface area contributed by atoms with Crippen molar-refractivity contribution in [3.05, 3.63) is 65.9 Å². The molecule has 2 aliphatic rings. The lowest BCUT2D eigenvalue weighted by Gasteiger charge is -2.35. The summed E-state index contributed by atoms with van der Waals surface area (Å²) >= 11 is 0. The van der Waals surface area contributed by atoms with Crippen molar-refractivity contribution in [3.8, 4) is 0 Å². The number of aromatic amines is 1. The Kier molecular flexibility index (Phi) is 6.59. The van der Waals surface area contributed by atoms with E-state index in [1.54, 1.807) is 21.9 Å². The standard InChI is InChI=1S/C25H28N4O5S/c30-24(17-20-18-26-23-4-2-1-3-22(20)23)27-9-11-28(12-10-27)25(31)19-5-7-21(8-6-19)35(32,33)29-13-15-34-16-14-29/h1-8,18,26H,9-17H2. The SMILES string of the molecule is O=C(Cc1c[nH]c2ccccc12)N1CCN(C(=O)c2ccc(S(=O)(=O)N3CCOCC3)cc2)CC1. The number of hydrogen-bond donors (Lipinski definition) is 1. The number of para-hydroxylation sites is 1. The number of H-pyrrole nitrogens is 1. The van der Waals surface area contributed by atoms with Gasteiger partial charge in [-0.1, -0.05) is 18.2 Å². The molecule has 0 spiro atoms. The summed E-state index contributed by atoms with van der Waals surface area (Å²) in [4.78, 5) is 32.7. The smallest absolute Gasteiger partial charge is 0.253 e. The van der Waals surface area contributed by atoms with Crippen LogP contribution in [0.5, 0.6) is 0 Å². The monoisotopic (exact) mass is 496 g/mol. The number of amides is 2. The van der Waals surface area contributed by atoms with Crippen LogP contribution in [0.1, 0.15) is 15.9 Å². The number of piperazine rings is 1. The first kappa shape index (κ1) is 23.5. The summed E-state index contributed by atoms with van der Waals surface area (Å²) in [7, 11) is -3.60. The molecule has 0 bridgehead atoms. The van der Waals surface area contributed by atoms with E-state index >= 15 is 0 Å². The Hall–Kier alpha value is -3.21. The first-order valence-electron chi connectivity index (χ1n) is 11.7. The molecule has 2 aliphatic heterocycles. The predicted molar refractivity (Wildman–Crippen MR) is 131 cm³/mol. The maximum Gasteiger partial charge on any atom is 0.253 e. The van der Waals surface area contributed by atoms with Crippen molar-refractivity contribution in [2.45, 2.75) is 11.3 Å². The predicted octanol–water partition coefficient (Wildman–Crippen LogP) is 1.72. The molecule has 2 amide bonds. The first-order valence-corrected chi connectivity index (χ1v) is 13.2. The van der Waals surface area contributed by atoms with E-state index in [1.807, 2.05) is 30.5 Å². The maximum atomic E-state index is 13.0. The van der Waals surface area contributed by atoms with Crippen LogP contribution >= 0.6 is 0 Å². The number of hydrogen-bond acceptors (Lipinski definition) is 5. The summed E-state index contributed by atoms with van der Waals surface area (Å²) in [6, 6.07) is 14.0. The number of morpholine rings is 1. The summed E-state index contributed by atoms with van der Waals surface area (Å²) < 4.78 is 32.2. The number of fused-ring (bicyclic) bond motifs is 1. The fourth-order valence-electron chi connectivity index (χ4n) is 4.60. The van der Waals surface area contributed by atoms with Crippen molar-refractivity contribution in [3.63, 3.8) is 0 Å². The van der Waals surface area contributed by atoms with Crippen molar-refractivity contribution in [2.24, 2.45) is 0 Å². The van der Waals surface area contributed by atoms with E-state index in [0.717, 1.165) is 16.5 Å². The van der Waals surface area contributed by atoms with E-state index in [9.17, 15) is 18.0 Å². The van der Waals surface area contributed by atoms with Crippen molar-refractivity contribution < 1.29 is 22.7 Å². The highest BCUT2D eigenvalue weighted by Crippen LogP contribution is 2.21. The highest BCUT2D eigenvalue weighted by molar-refractivity contribution is 7.89. The van der Waals surface area contributed by atoms with Crippen LogP contribution in [0, 0.1) is 0 Å². The normalized spacial score (nSPS) is 17.6. The minimum atomic E-state index is -3.60. The fourth-order valence-corrected chi connectivity index (χ4v) is 6.01. The molecular formula is C25H28N4O5S. The van der Waals surface area contributed by atoms with Gasteiger partial charge in [-0.2, -0.15) is 4.31 Å². The molecule has 0 atom stereocenters. The zero-order valence-corrected chi connectivity index (χ0v) is 20.2. The number of aromatic nitrogens is 1. The molecule has 3 heterocycles. The molecule has 0 aliphatic carbocycles. The van der Waals surface area contributed by atoms with E-state index in [1.165, 1.54) is 16.4 Å². The van der Waals surface area contributed by atoms with Gasteiger partial charge in [-0.05, 0) is 35.9 Å². The number of sulfonamides is 1. The van der Waals surface area contributed by atoms with Gasteiger partial charge in [-0.3, -0.25) is 9.59 Å². The van der Waals surface area contributed by atoms with E-state index in [0.29, 0.717) is 64.5 Å². The number of benzene rings is 2. The second-order valence-electron chi connectivity index (χ2n) is 8.75. The Balaban J connectivity index is 1.18. The van der Waals surface area contributed by atoms with Crippen LogP contribution in [-0.2, 0) is 26.0 Å². The van der Waals surface area contributed by atoms with Crippen LogP contribution in [0.25, 0.3) is 10.9 Å². The third-order valence-corrected chi connectivity index (χ3v) is 8.56. The summed E-state index contributed by atoms with van der Waals surface area (Å²) in [6.45, 7) is 3.22. The minimum Gasteiger partial charge on any atom is -0.379 e. The second kappa shape index (κ2) is 9.80. The van der Waals surface area contributed by atoms with Gasteiger partial charge in [0.1, 0.15) is 0 Å². The average molecular weight is 497 g/mol. The Labute approximate surface area is 204 Å². The van der Waals surface area contributed by atoms with Gasteiger partial charge in [0, 0.05) is 61.9 Å². The van der Waals surface area contributed by atoms with Crippen molar-refractivity contribution in [1.29, 1.82) is 0 Å². The molecule has 0 saturated carbocycles. The highest BCUT2D eigenvalue weighted by Gasteiger charge is 2.28. The highest BCUT2D eigenvalue weighted by atomic mass is 32.2. The molecule has 2 saturated heterocycles. The number of nitrogens with zero attached hydrogens (tertiary/aromatic N) is 3. The molecule has 9 nitrogen and oxygen atoms in total. The van der Waals surface area contributed by atoms with E-state index in [2.05, 4.69) is 4.98 Å². The van der Waals surface area contributed by atoms with Crippen LogP contribution in [0.3, 0.4) is 0 Å². The first-order chi connectivity index (χ1) is 16.9. The number of nitrogens with one attached hydrogen (secondary N) is 1. The zero-order chi connectivity index (χ0) is 24.4. The summed E-state index contributed by atoms with van der Waals surface area (Å²) in [5.74, 6) is -0.122. The molecule has 1 N–H and O–H groups in total. The maximum absolute atomic E-state index is 13.0. The lowest BCUT2D eigenvalue weighted by molar-refractivity contribution is -0.131.